The maximum absolute atomic E-state index is 13.4. The van der Waals surface area contributed by atoms with Crippen molar-refractivity contribution >= 4 is 22.7 Å². The molecule has 0 bridgehead atoms. The number of halogens is 1. The number of benzene rings is 1. The van der Waals surface area contributed by atoms with Gasteiger partial charge in [-0.05, 0) is 39.0 Å². The van der Waals surface area contributed by atoms with E-state index in [1.165, 1.54) is 35.9 Å². The second kappa shape index (κ2) is 4.74. The van der Waals surface area contributed by atoms with Crippen LogP contribution in [0.4, 0.5) is 4.39 Å². The fourth-order valence-electron chi connectivity index (χ4n) is 2.05. The lowest BCUT2D eigenvalue weighted by Gasteiger charge is -2.20. The Kier molecular flexibility index (Phi) is 3.38. The number of amides is 1. The van der Waals surface area contributed by atoms with Crippen LogP contribution < -0.4 is 5.32 Å². The van der Waals surface area contributed by atoms with Gasteiger partial charge in [0.25, 0.3) is 5.91 Å². The number of nitrogens with zero attached hydrogens (tertiary/aromatic N) is 1. The molecule has 1 heterocycles. The number of carbonyl (C=O) groups is 2. The average molecular weight is 276 g/mol. The first-order valence-corrected chi connectivity index (χ1v) is 6.33. The summed E-state index contributed by atoms with van der Waals surface area (Å²) in [6, 6.07) is 4.04. The van der Waals surface area contributed by atoms with E-state index in [1.807, 2.05) is 20.8 Å². The smallest absolute Gasteiger partial charge is 0.253 e. The molecule has 0 unspecified atom stereocenters. The predicted octanol–water partition coefficient (Wildman–Crippen LogP) is 2.97. The van der Waals surface area contributed by atoms with E-state index in [4.69, 9.17) is 0 Å². The molecular weight excluding hydrogens is 259 g/mol. The SMILES string of the molecule is CC(=O)n1cc(C(=O)NC(C)(C)C)c2cc(F)ccc21. The lowest BCUT2D eigenvalue weighted by atomic mass is 10.1. The molecule has 0 spiro atoms. The van der Waals surface area contributed by atoms with Gasteiger partial charge in [0, 0.05) is 24.0 Å². The van der Waals surface area contributed by atoms with Gasteiger partial charge in [0.05, 0.1) is 11.1 Å². The Labute approximate surface area is 116 Å². The van der Waals surface area contributed by atoms with Crippen molar-refractivity contribution in [3.63, 3.8) is 0 Å². The second-order valence-corrected chi connectivity index (χ2v) is 5.80. The fraction of sp³-hybridized carbons (Fsp3) is 0.333. The molecule has 106 valence electrons. The van der Waals surface area contributed by atoms with Crippen molar-refractivity contribution in [2.24, 2.45) is 0 Å². The highest BCUT2D eigenvalue weighted by molar-refractivity contribution is 6.09. The minimum Gasteiger partial charge on any atom is -0.347 e. The molecule has 1 amide bonds. The summed E-state index contributed by atoms with van der Waals surface area (Å²) in [5, 5.41) is 3.25. The lowest BCUT2D eigenvalue weighted by molar-refractivity contribution is 0.0921. The second-order valence-electron chi connectivity index (χ2n) is 5.80. The Balaban J connectivity index is 2.61. The zero-order chi connectivity index (χ0) is 15.1. The molecule has 0 aliphatic rings. The van der Waals surface area contributed by atoms with Crippen molar-refractivity contribution in [2.45, 2.75) is 33.2 Å². The van der Waals surface area contributed by atoms with Crippen LogP contribution in [0.5, 0.6) is 0 Å². The Morgan fingerprint density at radius 2 is 1.90 bits per heavy atom. The number of fused-ring (bicyclic) bond motifs is 1. The number of aromatic nitrogens is 1. The number of carbonyl (C=O) groups excluding carboxylic acids is 2. The standard InChI is InChI=1S/C15H17FN2O2/c1-9(19)18-8-12(14(20)17-15(2,3)4)11-7-10(16)5-6-13(11)18/h5-8H,1-4H3,(H,17,20). The van der Waals surface area contributed by atoms with Gasteiger partial charge in [-0.3, -0.25) is 14.2 Å². The molecule has 0 atom stereocenters. The maximum Gasteiger partial charge on any atom is 0.253 e. The summed E-state index contributed by atoms with van der Waals surface area (Å²) >= 11 is 0. The van der Waals surface area contributed by atoms with Crippen LogP contribution in [0.2, 0.25) is 0 Å². The van der Waals surface area contributed by atoms with Crippen LogP contribution >= 0.6 is 0 Å². The summed E-state index contributed by atoms with van der Waals surface area (Å²) in [6.45, 7) is 6.97. The van der Waals surface area contributed by atoms with Gasteiger partial charge in [0.15, 0.2) is 0 Å². The third-order valence-corrected chi connectivity index (χ3v) is 2.84. The van der Waals surface area contributed by atoms with Crippen molar-refractivity contribution in [3.8, 4) is 0 Å². The van der Waals surface area contributed by atoms with Crippen LogP contribution in [0.1, 0.15) is 42.8 Å². The first-order chi connectivity index (χ1) is 9.19. The Bertz CT molecular complexity index is 696. The van der Waals surface area contributed by atoms with Crippen LogP contribution in [-0.2, 0) is 0 Å². The van der Waals surface area contributed by atoms with Crippen molar-refractivity contribution in [3.05, 3.63) is 35.8 Å². The molecule has 2 aromatic rings. The van der Waals surface area contributed by atoms with Crippen molar-refractivity contribution < 1.29 is 14.0 Å². The molecule has 0 saturated heterocycles. The van der Waals surface area contributed by atoms with E-state index < -0.39 is 11.4 Å². The largest absolute Gasteiger partial charge is 0.347 e. The zero-order valence-corrected chi connectivity index (χ0v) is 12.0. The summed E-state index contributed by atoms with van der Waals surface area (Å²) in [5.41, 5.74) is 0.414. The highest BCUT2D eigenvalue weighted by Gasteiger charge is 2.21. The summed E-state index contributed by atoms with van der Waals surface area (Å²) in [6.07, 6.45) is 1.45. The highest BCUT2D eigenvalue weighted by Crippen LogP contribution is 2.23. The summed E-state index contributed by atoms with van der Waals surface area (Å²) < 4.78 is 14.8. The van der Waals surface area contributed by atoms with Gasteiger partial charge in [0.1, 0.15) is 5.82 Å². The zero-order valence-electron chi connectivity index (χ0n) is 12.0. The molecule has 0 fully saturated rings. The Morgan fingerprint density at radius 1 is 1.25 bits per heavy atom. The number of nitrogens with one attached hydrogen (secondary N) is 1. The average Bonchev–Trinajstić information content (AvgIpc) is 2.65. The Morgan fingerprint density at radius 3 is 2.45 bits per heavy atom. The van der Waals surface area contributed by atoms with E-state index in [0.717, 1.165) is 0 Å². The molecule has 0 aliphatic carbocycles. The number of rotatable bonds is 1. The molecule has 1 aromatic heterocycles. The molecule has 0 saturated carbocycles. The minimum absolute atomic E-state index is 0.226. The topological polar surface area (TPSA) is 51.1 Å². The quantitative estimate of drug-likeness (QED) is 0.870. The number of hydrogen-bond donors (Lipinski definition) is 1. The molecule has 20 heavy (non-hydrogen) atoms. The van der Waals surface area contributed by atoms with Crippen molar-refractivity contribution in [1.82, 2.24) is 9.88 Å². The van der Waals surface area contributed by atoms with E-state index in [9.17, 15) is 14.0 Å². The summed E-state index contributed by atoms with van der Waals surface area (Å²) in [7, 11) is 0. The molecule has 1 aromatic carbocycles. The van der Waals surface area contributed by atoms with Gasteiger partial charge in [0.2, 0.25) is 5.91 Å². The third-order valence-electron chi connectivity index (χ3n) is 2.84. The maximum atomic E-state index is 13.4. The van der Waals surface area contributed by atoms with Gasteiger partial charge < -0.3 is 5.32 Å². The summed E-state index contributed by atoms with van der Waals surface area (Å²) in [5.74, 6) is -0.992. The van der Waals surface area contributed by atoms with Crippen LogP contribution in [-0.4, -0.2) is 21.9 Å². The molecule has 1 N–H and O–H groups in total. The van der Waals surface area contributed by atoms with Crippen LogP contribution in [0.25, 0.3) is 10.9 Å². The minimum atomic E-state index is -0.441. The molecule has 0 radical (unpaired) electrons. The monoisotopic (exact) mass is 276 g/mol. The highest BCUT2D eigenvalue weighted by atomic mass is 19.1. The van der Waals surface area contributed by atoms with Crippen molar-refractivity contribution in [2.75, 3.05) is 0 Å². The van der Waals surface area contributed by atoms with Gasteiger partial charge >= 0.3 is 0 Å². The lowest BCUT2D eigenvalue weighted by Crippen LogP contribution is -2.40. The third kappa shape index (κ3) is 2.71. The van der Waals surface area contributed by atoms with Gasteiger partial charge in [-0.15, -0.1) is 0 Å². The first kappa shape index (κ1) is 14.2. The van der Waals surface area contributed by atoms with E-state index in [1.54, 1.807) is 0 Å². The fourth-order valence-corrected chi connectivity index (χ4v) is 2.05. The van der Waals surface area contributed by atoms with Crippen LogP contribution in [0.15, 0.2) is 24.4 Å². The molecular formula is C15H17FN2O2. The van der Waals surface area contributed by atoms with Crippen LogP contribution in [0.3, 0.4) is 0 Å². The van der Waals surface area contributed by atoms with Gasteiger partial charge in [-0.1, -0.05) is 0 Å². The van der Waals surface area contributed by atoms with E-state index in [0.29, 0.717) is 16.5 Å². The van der Waals surface area contributed by atoms with E-state index in [-0.39, 0.29) is 11.8 Å². The summed E-state index contributed by atoms with van der Waals surface area (Å²) in [4.78, 5) is 23.9. The first-order valence-electron chi connectivity index (χ1n) is 6.33. The van der Waals surface area contributed by atoms with Gasteiger partial charge in [-0.25, -0.2) is 4.39 Å². The predicted molar refractivity (Wildman–Crippen MR) is 75.4 cm³/mol. The van der Waals surface area contributed by atoms with Crippen molar-refractivity contribution in [1.29, 1.82) is 0 Å². The molecule has 0 aliphatic heterocycles. The Hall–Kier alpha value is -2.17. The normalized spacial score (nSPS) is 11.7. The molecule has 4 nitrogen and oxygen atoms in total. The van der Waals surface area contributed by atoms with Crippen LogP contribution in [0, 0.1) is 5.82 Å². The number of hydrogen-bond acceptors (Lipinski definition) is 2. The molecule has 2 rings (SSSR count). The van der Waals surface area contributed by atoms with E-state index >= 15 is 0 Å². The van der Waals surface area contributed by atoms with E-state index in [2.05, 4.69) is 5.32 Å². The van der Waals surface area contributed by atoms with Gasteiger partial charge in [-0.2, -0.15) is 0 Å². The molecule has 5 heteroatoms.